The number of piperidine rings is 1. The van der Waals surface area contributed by atoms with Crippen LogP contribution in [-0.2, 0) is 17.5 Å². The molecule has 2 aliphatic heterocycles. The van der Waals surface area contributed by atoms with Crippen molar-refractivity contribution < 1.29 is 23.0 Å². The van der Waals surface area contributed by atoms with Crippen LogP contribution < -0.4 is 10.6 Å². The molecule has 0 radical (unpaired) electrons. The van der Waals surface area contributed by atoms with E-state index in [1.54, 1.807) is 0 Å². The number of nitrogen functional groups attached to an aromatic ring is 1. The summed E-state index contributed by atoms with van der Waals surface area (Å²) in [4.78, 5) is 12.7. The van der Waals surface area contributed by atoms with Crippen molar-refractivity contribution in [1.29, 1.82) is 0 Å². The first-order chi connectivity index (χ1) is 17.9. The monoisotopic (exact) mass is 553 g/mol. The number of aromatic nitrogens is 4. The Hall–Kier alpha value is -2.67. The Morgan fingerprint density at radius 1 is 1.13 bits per heavy atom. The van der Waals surface area contributed by atoms with Gasteiger partial charge in [0.25, 0.3) is 0 Å². The molecule has 0 unspecified atom stereocenters. The highest BCUT2D eigenvalue weighted by Gasteiger charge is 2.36. The number of nitrogens with two attached hydrogens (primary N) is 1. The van der Waals surface area contributed by atoms with Crippen molar-refractivity contribution in [2.75, 3.05) is 50.0 Å². The molecule has 206 valence electrons. The van der Waals surface area contributed by atoms with Gasteiger partial charge >= 0.3 is 6.18 Å². The molecule has 0 atom stereocenters. The highest BCUT2D eigenvalue weighted by molar-refractivity contribution is 6.30. The summed E-state index contributed by atoms with van der Waals surface area (Å²) in [5.41, 5.74) is 5.03. The number of fused-ring (bicyclic) bond motifs is 1. The van der Waals surface area contributed by atoms with Gasteiger partial charge in [-0.05, 0) is 57.8 Å². The second-order valence-electron chi connectivity index (χ2n) is 10.5. The Kier molecular flexibility index (Phi) is 7.18. The van der Waals surface area contributed by atoms with Crippen molar-refractivity contribution in [3.63, 3.8) is 0 Å². The van der Waals surface area contributed by atoms with E-state index in [2.05, 4.69) is 20.0 Å². The Bertz CT molecular complexity index is 1310. The van der Waals surface area contributed by atoms with Gasteiger partial charge in [-0.15, -0.1) is 5.10 Å². The van der Waals surface area contributed by atoms with Crippen LogP contribution in [0.5, 0.6) is 0 Å². The maximum Gasteiger partial charge on any atom is 0.417 e. The second kappa shape index (κ2) is 10.1. The van der Waals surface area contributed by atoms with Crippen LogP contribution in [0.1, 0.15) is 37.8 Å². The van der Waals surface area contributed by atoms with Crippen molar-refractivity contribution in [3.05, 3.63) is 34.6 Å². The number of aliphatic hydroxyl groups is 1. The third kappa shape index (κ3) is 5.40. The van der Waals surface area contributed by atoms with Gasteiger partial charge in [-0.1, -0.05) is 11.6 Å². The molecule has 0 spiro atoms. The zero-order valence-electron chi connectivity index (χ0n) is 21.3. The van der Waals surface area contributed by atoms with Gasteiger partial charge < -0.3 is 20.5 Å². The van der Waals surface area contributed by atoms with Gasteiger partial charge in [-0.2, -0.15) is 13.2 Å². The summed E-state index contributed by atoms with van der Waals surface area (Å²) in [6.45, 7) is 7.84. The molecule has 38 heavy (non-hydrogen) atoms. The van der Waals surface area contributed by atoms with Gasteiger partial charge in [0.1, 0.15) is 16.5 Å². The third-order valence-corrected chi connectivity index (χ3v) is 7.79. The van der Waals surface area contributed by atoms with Crippen LogP contribution in [-0.4, -0.2) is 74.6 Å². The standard InChI is InChI=1S/C25H31ClF3N7O2/c1-24(2,37)16-3-5-34(6-4-16)14-15-11-19-23(35-7-9-38-10-8-35)32-22(33-36(19)21(15)26)17-13-31-20(30)12-18(17)25(27,28)29/h11-13,16,37H,3-10,14H2,1-2H3,(H2,30,31). The fourth-order valence-corrected chi connectivity index (χ4v) is 5.46. The molecule has 5 heterocycles. The lowest BCUT2D eigenvalue weighted by molar-refractivity contribution is -0.137. The van der Waals surface area contributed by atoms with Crippen LogP contribution in [0, 0.1) is 5.92 Å². The molecule has 0 aliphatic carbocycles. The highest BCUT2D eigenvalue weighted by atomic mass is 35.5. The first kappa shape index (κ1) is 26.9. The van der Waals surface area contributed by atoms with Gasteiger partial charge in [0.05, 0.1) is 29.9 Å². The molecule has 2 aliphatic rings. The molecule has 0 saturated carbocycles. The predicted octanol–water partition coefficient (Wildman–Crippen LogP) is 3.87. The number of ether oxygens (including phenoxy) is 1. The van der Waals surface area contributed by atoms with Crippen molar-refractivity contribution >= 4 is 28.8 Å². The maximum absolute atomic E-state index is 13.9. The lowest BCUT2D eigenvalue weighted by atomic mass is 9.83. The number of hydrogen-bond donors (Lipinski definition) is 2. The maximum atomic E-state index is 13.9. The van der Waals surface area contributed by atoms with Crippen LogP contribution in [0.3, 0.4) is 0 Å². The molecule has 0 bridgehead atoms. The first-order valence-electron chi connectivity index (χ1n) is 12.6. The largest absolute Gasteiger partial charge is 0.417 e. The van der Waals surface area contributed by atoms with Gasteiger partial charge in [0, 0.05) is 31.4 Å². The number of morpholine rings is 1. The minimum atomic E-state index is -4.68. The summed E-state index contributed by atoms with van der Waals surface area (Å²) >= 11 is 6.81. The summed E-state index contributed by atoms with van der Waals surface area (Å²) in [7, 11) is 0. The SMILES string of the molecule is CC(C)(O)C1CCN(Cc2cc3c(N4CCOCC4)nc(-c4cnc(N)cc4C(F)(F)F)nn3c2Cl)CC1. The molecule has 0 aromatic carbocycles. The van der Waals surface area contributed by atoms with Crippen molar-refractivity contribution in [2.24, 2.45) is 5.92 Å². The number of rotatable bonds is 5. The predicted molar refractivity (Wildman–Crippen MR) is 138 cm³/mol. The Labute approximate surface area is 223 Å². The van der Waals surface area contributed by atoms with Gasteiger partial charge in [0.2, 0.25) is 0 Å². The fraction of sp³-hybridized carbons (Fsp3) is 0.560. The van der Waals surface area contributed by atoms with Crippen LogP contribution in [0.15, 0.2) is 18.3 Å². The number of halogens is 4. The molecule has 3 aromatic rings. The Morgan fingerprint density at radius 3 is 2.45 bits per heavy atom. The third-order valence-electron chi connectivity index (χ3n) is 7.39. The molecule has 5 rings (SSSR count). The topological polar surface area (TPSA) is 105 Å². The number of anilines is 2. The quantitative estimate of drug-likeness (QED) is 0.491. The van der Waals surface area contributed by atoms with E-state index in [1.165, 1.54) is 4.52 Å². The van der Waals surface area contributed by atoms with Crippen LogP contribution >= 0.6 is 11.6 Å². The molecule has 3 N–H and O–H groups in total. The summed E-state index contributed by atoms with van der Waals surface area (Å²) in [6.07, 6.45) is -1.90. The minimum Gasteiger partial charge on any atom is -0.390 e. The number of alkyl halides is 3. The van der Waals surface area contributed by atoms with E-state index in [4.69, 9.17) is 22.1 Å². The van der Waals surface area contributed by atoms with Gasteiger partial charge in [0.15, 0.2) is 11.6 Å². The normalized spacial score (nSPS) is 18.4. The summed E-state index contributed by atoms with van der Waals surface area (Å²) < 4.78 is 48.7. The molecule has 9 nitrogen and oxygen atoms in total. The zero-order chi connectivity index (χ0) is 27.2. The van der Waals surface area contributed by atoms with Gasteiger partial charge in [-0.3, -0.25) is 4.90 Å². The number of nitrogens with zero attached hydrogens (tertiary/aromatic N) is 6. The average Bonchev–Trinajstić information content (AvgIpc) is 3.18. The number of pyridine rings is 1. The van der Waals surface area contributed by atoms with Crippen LogP contribution in [0.2, 0.25) is 5.15 Å². The van der Waals surface area contributed by atoms with E-state index in [-0.39, 0.29) is 23.1 Å². The summed E-state index contributed by atoms with van der Waals surface area (Å²) in [5.74, 6) is 0.316. The van der Waals surface area contributed by atoms with Crippen molar-refractivity contribution in [1.82, 2.24) is 24.5 Å². The molecular weight excluding hydrogens is 523 g/mol. The smallest absolute Gasteiger partial charge is 0.390 e. The molecular formula is C25H31ClF3N7O2. The zero-order valence-corrected chi connectivity index (χ0v) is 22.1. The first-order valence-corrected chi connectivity index (χ1v) is 13.0. The van der Waals surface area contributed by atoms with E-state index in [0.717, 1.165) is 43.8 Å². The summed E-state index contributed by atoms with van der Waals surface area (Å²) in [6, 6.07) is 2.70. The van der Waals surface area contributed by atoms with E-state index < -0.39 is 17.3 Å². The van der Waals surface area contributed by atoms with Gasteiger partial charge in [-0.25, -0.2) is 14.5 Å². The Balaban J connectivity index is 1.56. The number of hydrogen-bond acceptors (Lipinski definition) is 8. The average molecular weight is 554 g/mol. The summed E-state index contributed by atoms with van der Waals surface area (Å²) in [5, 5.41) is 15.1. The molecule has 2 saturated heterocycles. The lowest BCUT2D eigenvalue weighted by Gasteiger charge is -2.37. The van der Waals surface area contributed by atoms with E-state index in [9.17, 15) is 18.3 Å². The van der Waals surface area contributed by atoms with E-state index >= 15 is 0 Å². The molecule has 3 aromatic heterocycles. The second-order valence-corrected chi connectivity index (χ2v) is 10.8. The van der Waals surface area contributed by atoms with Crippen molar-refractivity contribution in [3.8, 4) is 11.4 Å². The molecule has 13 heteroatoms. The van der Waals surface area contributed by atoms with Crippen molar-refractivity contribution in [2.45, 2.75) is 45.0 Å². The van der Waals surface area contributed by atoms with E-state index in [0.29, 0.717) is 49.3 Å². The van der Waals surface area contributed by atoms with Crippen LogP contribution in [0.4, 0.5) is 24.8 Å². The van der Waals surface area contributed by atoms with E-state index in [1.807, 2.05) is 24.8 Å². The molecule has 2 fully saturated rings. The molecule has 0 amide bonds. The van der Waals surface area contributed by atoms with Crippen LogP contribution in [0.25, 0.3) is 16.9 Å². The highest BCUT2D eigenvalue weighted by Crippen LogP contribution is 2.38. The number of likely N-dealkylation sites (tertiary alicyclic amines) is 1. The lowest BCUT2D eigenvalue weighted by Crippen LogP contribution is -2.41. The Morgan fingerprint density at radius 2 is 1.82 bits per heavy atom. The fourth-order valence-electron chi connectivity index (χ4n) is 5.21. The minimum absolute atomic E-state index is 0.145.